The molecule has 0 bridgehead atoms. The first-order valence-electron chi connectivity index (χ1n) is 4.87. The molecule has 1 fully saturated rings. The Balaban J connectivity index is 2.10. The van der Waals surface area contributed by atoms with Gasteiger partial charge in [-0.2, -0.15) is 0 Å². The molecule has 0 heterocycles. The van der Waals surface area contributed by atoms with Crippen LogP contribution >= 0.6 is 0 Å². The van der Waals surface area contributed by atoms with Crippen LogP contribution in [0.1, 0.15) is 33.6 Å². The lowest BCUT2D eigenvalue weighted by atomic mass is 9.88. The number of carbonyl (C=O) groups is 1. The Morgan fingerprint density at radius 2 is 2.00 bits per heavy atom. The Morgan fingerprint density at radius 1 is 1.43 bits per heavy atom. The molecule has 5 heteroatoms. The van der Waals surface area contributed by atoms with E-state index in [2.05, 4.69) is 10.9 Å². The molecular weight excluding hydrogens is 182 g/mol. The number of ether oxygens (including phenoxy) is 1. The summed E-state index contributed by atoms with van der Waals surface area (Å²) in [5.74, 6) is 0. The van der Waals surface area contributed by atoms with Crippen LogP contribution in [0, 0.1) is 0 Å². The van der Waals surface area contributed by atoms with Crippen LogP contribution in [0.4, 0.5) is 4.79 Å². The van der Waals surface area contributed by atoms with E-state index in [9.17, 15) is 4.79 Å². The topological polar surface area (TPSA) is 76.4 Å². The highest BCUT2D eigenvalue weighted by atomic mass is 16.6. The lowest BCUT2D eigenvalue weighted by molar-refractivity contribution is 0.0472. The van der Waals surface area contributed by atoms with Gasteiger partial charge in [-0.15, -0.1) is 0 Å². The van der Waals surface area contributed by atoms with Crippen molar-refractivity contribution in [1.29, 1.82) is 0 Å². The molecule has 1 aliphatic carbocycles. The van der Waals surface area contributed by atoms with Gasteiger partial charge in [-0.05, 0) is 33.6 Å². The van der Waals surface area contributed by atoms with E-state index >= 15 is 0 Å². The molecular formula is C9H19N3O2. The largest absolute Gasteiger partial charge is 0.443 e. The molecule has 5 nitrogen and oxygen atoms in total. The maximum absolute atomic E-state index is 11.2. The highest BCUT2D eigenvalue weighted by molar-refractivity contribution is 5.67. The fourth-order valence-corrected chi connectivity index (χ4v) is 1.24. The Kier molecular flexibility index (Phi) is 3.34. The van der Waals surface area contributed by atoms with Crippen LogP contribution in [0.5, 0.6) is 0 Å². The van der Waals surface area contributed by atoms with Gasteiger partial charge < -0.3 is 10.5 Å². The number of hydrazine groups is 1. The summed E-state index contributed by atoms with van der Waals surface area (Å²) < 4.78 is 5.04. The van der Waals surface area contributed by atoms with Gasteiger partial charge in [-0.3, -0.25) is 5.43 Å². The number of amides is 1. The van der Waals surface area contributed by atoms with Gasteiger partial charge in [-0.1, -0.05) is 0 Å². The maximum atomic E-state index is 11.2. The quantitative estimate of drug-likeness (QED) is 0.569. The van der Waals surface area contributed by atoms with Crippen molar-refractivity contribution in [1.82, 2.24) is 10.9 Å². The van der Waals surface area contributed by atoms with Gasteiger partial charge in [0, 0.05) is 12.1 Å². The minimum absolute atomic E-state index is 0.271. The number of nitrogens with one attached hydrogen (secondary N) is 2. The molecule has 0 aromatic heterocycles. The van der Waals surface area contributed by atoms with Crippen molar-refractivity contribution >= 4 is 6.09 Å². The zero-order valence-corrected chi connectivity index (χ0v) is 8.96. The third-order valence-electron chi connectivity index (χ3n) is 1.95. The van der Waals surface area contributed by atoms with Crippen LogP contribution in [-0.4, -0.2) is 23.8 Å². The Morgan fingerprint density at radius 3 is 2.43 bits per heavy atom. The van der Waals surface area contributed by atoms with Crippen LogP contribution in [0.15, 0.2) is 0 Å². The molecule has 0 atom stereocenters. The number of carbonyl (C=O) groups excluding carboxylic acids is 1. The maximum Gasteiger partial charge on any atom is 0.422 e. The molecule has 0 aromatic carbocycles. The molecule has 0 unspecified atom stereocenters. The Hall–Kier alpha value is -0.810. The summed E-state index contributed by atoms with van der Waals surface area (Å²) in [6.45, 7) is 5.48. The fraction of sp³-hybridized carbons (Fsp3) is 0.889. The van der Waals surface area contributed by atoms with Crippen LogP contribution in [0.3, 0.4) is 0 Å². The highest BCUT2D eigenvalue weighted by Gasteiger charge is 2.26. The van der Waals surface area contributed by atoms with Gasteiger partial charge in [0.1, 0.15) is 5.60 Å². The van der Waals surface area contributed by atoms with Crippen molar-refractivity contribution in [2.75, 3.05) is 0 Å². The summed E-state index contributed by atoms with van der Waals surface area (Å²) in [7, 11) is 0. The molecule has 14 heavy (non-hydrogen) atoms. The van der Waals surface area contributed by atoms with Crippen LogP contribution in [-0.2, 0) is 4.74 Å². The number of hydrogen-bond acceptors (Lipinski definition) is 4. The zero-order valence-electron chi connectivity index (χ0n) is 8.96. The minimum atomic E-state index is -0.457. The Bertz CT molecular complexity index is 207. The van der Waals surface area contributed by atoms with Crippen LogP contribution in [0.2, 0.25) is 0 Å². The number of nitrogens with two attached hydrogens (primary N) is 1. The first-order valence-corrected chi connectivity index (χ1v) is 4.87. The molecule has 1 rings (SSSR count). The van der Waals surface area contributed by atoms with Crippen LogP contribution < -0.4 is 16.6 Å². The van der Waals surface area contributed by atoms with E-state index in [1.165, 1.54) is 0 Å². The van der Waals surface area contributed by atoms with E-state index in [-0.39, 0.29) is 12.1 Å². The van der Waals surface area contributed by atoms with Gasteiger partial charge >= 0.3 is 6.09 Å². The second-order valence-electron chi connectivity index (χ2n) is 4.70. The van der Waals surface area contributed by atoms with E-state index in [0.29, 0.717) is 0 Å². The third-order valence-corrected chi connectivity index (χ3v) is 1.95. The van der Waals surface area contributed by atoms with Gasteiger partial charge in [-0.25, -0.2) is 10.2 Å². The molecule has 1 aliphatic rings. The van der Waals surface area contributed by atoms with Crippen LogP contribution in [0.25, 0.3) is 0 Å². The van der Waals surface area contributed by atoms with E-state index in [1.54, 1.807) is 0 Å². The van der Waals surface area contributed by atoms with Crippen molar-refractivity contribution in [3.8, 4) is 0 Å². The average Bonchev–Trinajstić information content (AvgIpc) is 1.92. The first-order chi connectivity index (χ1) is 6.37. The fourth-order valence-electron chi connectivity index (χ4n) is 1.24. The van der Waals surface area contributed by atoms with E-state index in [1.807, 2.05) is 20.8 Å². The second-order valence-corrected chi connectivity index (χ2v) is 4.70. The van der Waals surface area contributed by atoms with E-state index in [4.69, 9.17) is 10.5 Å². The molecule has 0 aliphatic heterocycles. The molecule has 0 aromatic rings. The molecule has 1 saturated carbocycles. The van der Waals surface area contributed by atoms with Crippen molar-refractivity contribution in [2.24, 2.45) is 5.73 Å². The summed E-state index contributed by atoms with van der Waals surface area (Å²) in [4.78, 5) is 11.2. The Labute approximate surface area is 84.3 Å². The summed E-state index contributed by atoms with van der Waals surface area (Å²) in [5.41, 5.74) is 10.5. The molecule has 4 N–H and O–H groups in total. The summed E-state index contributed by atoms with van der Waals surface area (Å²) >= 11 is 0. The highest BCUT2D eigenvalue weighted by Crippen LogP contribution is 2.16. The average molecular weight is 201 g/mol. The molecule has 0 saturated heterocycles. The van der Waals surface area contributed by atoms with Gasteiger partial charge in [0.15, 0.2) is 0 Å². The second kappa shape index (κ2) is 4.14. The predicted octanol–water partition coefficient (Wildman–Crippen LogP) is 0.505. The number of hydrogen-bond donors (Lipinski definition) is 3. The summed E-state index contributed by atoms with van der Waals surface area (Å²) in [6, 6.07) is 0.561. The monoisotopic (exact) mass is 201 g/mol. The predicted molar refractivity (Wildman–Crippen MR) is 53.5 cm³/mol. The smallest absolute Gasteiger partial charge is 0.422 e. The summed E-state index contributed by atoms with van der Waals surface area (Å²) in [5, 5.41) is 0. The lowest BCUT2D eigenvalue weighted by Gasteiger charge is -2.33. The van der Waals surface area contributed by atoms with Crippen molar-refractivity contribution in [3.63, 3.8) is 0 Å². The van der Waals surface area contributed by atoms with Gasteiger partial charge in [0.05, 0.1) is 0 Å². The van der Waals surface area contributed by atoms with E-state index in [0.717, 1.165) is 12.8 Å². The third kappa shape index (κ3) is 3.93. The normalized spacial score (nSPS) is 26.6. The SMILES string of the molecule is CC(C)(C)OC(=O)NN[C@H]1C[C@H](N)C1. The van der Waals surface area contributed by atoms with Gasteiger partial charge in [0.25, 0.3) is 0 Å². The van der Waals surface area contributed by atoms with Gasteiger partial charge in [0.2, 0.25) is 0 Å². The molecule has 0 radical (unpaired) electrons. The van der Waals surface area contributed by atoms with Crippen molar-refractivity contribution < 1.29 is 9.53 Å². The summed E-state index contributed by atoms with van der Waals surface area (Å²) in [6.07, 6.45) is 1.35. The van der Waals surface area contributed by atoms with E-state index < -0.39 is 11.7 Å². The lowest BCUT2D eigenvalue weighted by Crippen LogP contribution is -2.55. The number of rotatable bonds is 2. The van der Waals surface area contributed by atoms with Crippen molar-refractivity contribution in [3.05, 3.63) is 0 Å². The standard InChI is InChI=1S/C9H19N3O2/c1-9(2,3)14-8(13)12-11-7-4-6(10)5-7/h6-7,11H,4-5,10H2,1-3H3,(H,12,13)/t6-,7-. The zero-order chi connectivity index (χ0) is 10.8. The first kappa shape index (κ1) is 11.3. The van der Waals surface area contributed by atoms with Crippen molar-refractivity contribution in [2.45, 2.75) is 51.3 Å². The molecule has 82 valence electrons. The minimum Gasteiger partial charge on any atom is -0.443 e. The molecule has 0 spiro atoms. The molecule has 1 amide bonds.